The average molecular weight is 170 g/mol. The van der Waals surface area contributed by atoms with Crippen LogP contribution in [0.1, 0.15) is 13.3 Å². The standard InChI is InChI=1S/C3H6S4/c1-2-3-5-7(3,4)6-3/h7H,2H2,1H3. The molecule has 0 aromatic rings. The molecule has 0 unspecified atom stereocenters. The van der Waals surface area contributed by atoms with Gasteiger partial charge in [-0.1, -0.05) is 46.4 Å². The van der Waals surface area contributed by atoms with Crippen LogP contribution >= 0.6 is 21.6 Å². The summed E-state index contributed by atoms with van der Waals surface area (Å²) in [5.74, 6) is 0. The SMILES string of the molecule is CCC12S[SH]1(=S)S2. The highest BCUT2D eigenvalue weighted by Crippen LogP contribution is 2.94. The predicted molar refractivity (Wildman–Crippen MR) is 44.3 cm³/mol. The van der Waals surface area contributed by atoms with E-state index in [0.717, 1.165) is 0 Å². The molecule has 2 saturated heterocycles. The second-order valence-corrected chi connectivity index (χ2v) is 14.2. The molecular formula is C3H6S4. The summed E-state index contributed by atoms with van der Waals surface area (Å²) in [6.07, 6.45) is 1.31. The summed E-state index contributed by atoms with van der Waals surface area (Å²) in [5, 5.41) is 0. The van der Waals surface area contributed by atoms with Crippen molar-refractivity contribution in [3.05, 3.63) is 0 Å². The quantitative estimate of drug-likeness (QED) is 0.362. The summed E-state index contributed by atoms with van der Waals surface area (Å²) in [4.78, 5) is 0. The molecule has 4 heteroatoms. The Labute approximate surface area is 56.2 Å². The van der Waals surface area contributed by atoms with Crippen molar-refractivity contribution in [1.82, 2.24) is 0 Å². The Morgan fingerprint density at radius 2 is 2.14 bits per heavy atom. The lowest BCUT2D eigenvalue weighted by molar-refractivity contribution is 1.05. The summed E-state index contributed by atoms with van der Waals surface area (Å²) < 4.78 is 0.655. The maximum Gasteiger partial charge on any atom is 0.128 e. The van der Waals surface area contributed by atoms with Crippen LogP contribution < -0.4 is 0 Å². The molecule has 0 aliphatic carbocycles. The fourth-order valence-electron chi connectivity index (χ4n) is 0.664. The molecule has 0 aromatic carbocycles. The van der Waals surface area contributed by atoms with E-state index in [1.165, 1.54) is 6.42 Å². The third kappa shape index (κ3) is 0.446. The van der Waals surface area contributed by atoms with Gasteiger partial charge in [-0.3, -0.25) is 0 Å². The summed E-state index contributed by atoms with van der Waals surface area (Å²) in [7, 11) is 4.12. The zero-order valence-electron chi connectivity index (χ0n) is 3.88. The minimum atomic E-state index is -0.687. The van der Waals surface area contributed by atoms with Gasteiger partial charge in [-0.25, -0.2) is 0 Å². The van der Waals surface area contributed by atoms with Crippen molar-refractivity contribution in [3.8, 4) is 0 Å². The molecule has 0 atom stereocenters. The minimum absolute atomic E-state index is 0.655. The van der Waals surface area contributed by atoms with E-state index in [9.17, 15) is 0 Å². The first kappa shape index (κ1) is 5.09. The van der Waals surface area contributed by atoms with E-state index in [4.69, 9.17) is 11.2 Å². The molecule has 2 aliphatic heterocycles. The second kappa shape index (κ2) is 1.08. The van der Waals surface area contributed by atoms with E-state index in [-0.39, 0.29) is 0 Å². The number of fused-ring (bicyclic) bond motifs is 1. The highest BCUT2D eigenvalue weighted by molar-refractivity contribution is 9.46. The molecule has 42 valence electrons. The van der Waals surface area contributed by atoms with Crippen LogP contribution in [-0.2, 0) is 17.8 Å². The third-order valence-electron chi connectivity index (χ3n) is 1.32. The van der Waals surface area contributed by atoms with Gasteiger partial charge >= 0.3 is 0 Å². The number of hydrogen-bond donors (Lipinski definition) is 1. The molecule has 2 fully saturated rings. The van der Waals surface area contributed by atoms with Gasteiger partial charge in [0.05, 0.1) is 0 Å². The molecule has 0 bridgehead atoms. The molecule has 0 radical (unpaired) electrons. The largest absolute Gasteiger partial charge is 0.128 e. The van der Waals surface area contributed by atoms with Crippen molar-refractivity contribution in [1.29, 1.82) is 0 Å². The summed E-state index contributed by atoms with van der Waals surface area (Å²) in [6, 6.07) is 0. The molecule has 0 spiro atoms. The Balaban J connectivity index is 2.28. The maximum absolute atomic E-state index is 5.26. The molecule has 0 amide bonds. The van der Waals surface area contributed by atoms with Gasteiger partial charge in [0.15, 0.2) is 0 Å². The van der Waals surface area contributed by atoms with Crippen LogP contribution in [0.2, 0.25) is 0 Å². The lowest BCUT2D eigenvalue weighted by atomic mass is 10.6. The van der Waals surface area contributed by atoms with Crippen molar-refractivity contribution >= 4 is 39.4 Å². The first-order valence-corrected chi connectivity index (χ1v) is 7.89. The lowest BCUT2D eigenvalue weighted by Crippen LogP contribution is -1.78. The Morgan fingerprint density at radius 3 is 2.14 bits per heavy atom. The number of hydrogen-bond acceptors (Lipinski definition) is 3. The van der Waals surface area contributed by atoms with Crippen LogP contribution in [0.4, 0.5) is 0 Å². The van der Waals surface area contributed by atoms with E-state index < -0.39 is 6.65 Å². The van der Waals surface area contributed by atoms with E-state index in [0.29, 0.717) is 3.41 Å². The lowest BCUT2D eigenvalue weighted by Gasteiger charge is -1.84. The molecule has 0 aromatic heterocycles. The predicted octanol–water partition coefficient (Wildman–Crippen LogP) is 1.72. The van der Waals surface area contributed by atoms with Gasteiger partial charge in [0.1, 0.15) is 3.41 Å². The second-order valence-electron chi connectivity index (χ2n) is 1.75. The van der Waals surface area contributed by atoms with Gasteiger partial charge < -0.3 is 0 Å². The van der Waals surface area contributed by atoms with Crippen LogP contribution in [0, 0.1) is 0 Å². The molecule has 2 aliphatic rings. The fourth-order valence-corrected chi connectivity index (χ4v) is 16.2. The first-order chi connectivity index (χ1) is 3.22. The number of thiol groups is 1. The zero-order valence-corrected chi connectivity index (χ0v) is 7.22. The van der Waals surface area contributed by atoms with Crippen molar-refractivity contribution in [2.45, 2.75) is 16.8 Å². The minimum Gasteiger partial charge on any atom is -0.0935 e. The van der Waals surface area contributed by atoms with E-state index >= 15 is 0 Å². The Morgan fingerprint density at radius 1 is 1.71 bits per heavy atom. The monoisotopic (exact) mass is 170 g/mol. The smallest absolute Gasteiger partial charge is 0.0935 e. The van der Waals surface area contributed by atoms with Gasteiger partial charge in [0.25, 0.3) is 0 Å². The van der Waals surface area contributed by atoms with E-state index in [2.05, 4.69) is 28.5 Å². The van der Waals surface area contributed by atoms with Crippen LogP contribution in [0.3, 0.4) is 0 Å². The molecule has 0 nitrogen and oxygen atoms in total. The van der Waals surface area contributed by atoms with Gasteiger partial charge in [-0.15, -0.1) is 0 Å². The molecular weight excluding hydrogens is 164 g/mol. The van der Waals surface area contributed by atoms with E-state index in [1.54, 1.807) is 0 Å². The highest BCUT2D eigenvalue weighted by atomic mass is 33.8. The Hall–Kier alpha value is 1.27. The fraction of sp³-hybridized carbons (Fsp3) is 1.00. The zero-order chi connectivity index (χ0) is 5.12. The maximum atomic E-state index is 5.26. The molecule has 2 heterocycles. The van der Waals surface area contributed by atoms with Gasteiger partial charge in [-0.05, 0) is 6.42 Å². The van der Waals surface area contributed by atoms with Crippen LogP contribution in [0.15, 0.2) is 0 Å². The van der Waals surface area contributed by atoms with Crippen molar-refractivity contribution in [2.24, 2.45) is 0 Å². The first-order valence-electron chi connectivity index (χ1n) is 2.24. The van der Waals surface area contributed by atoms with Crippen LogP contribution in [0.25, 0.3) is 0 Å². The normalized spacial score (nSPS) is 55.0. The topological polar surface area (TPSA) is 0 Å². The van der Waals surface area contributed by atoms with Gasteiger partial charge in [0.2, 0.25) is 0 Å². The van der Waals surface area contributed by atoms with E-state index in [1.807, 2.05) is 0 Å². The van der Waals surface area contributed by atoms with Crippen LogP contribution in [0.5, 0.6) is 0 Å². The Bertz CT molecular complexity index is 150. The summed E-state index contributed by atoms with van der Waals surface area (Å²) in [5.41, 5.74) is 0. The summed E-state index contributed by atoms with van der Waals surface area (Å²) in [6.45, 7) is 1.55. The van der Waals surface area contributed by atoms with Crippen molar-refractivity contribution in [2.75, 3.05) is 0 Å². The molecule has 0 saturated carbocycles. The van der Waals surface area contributed by atoms with Gasteiger partial charge in [0, 0.05) is 0 Å². The number of rotatable bonds is 1. The highest BCUT2D eigenvalue weighted by Gasteiger charge is 2.75. The van der Waals surface area contributed by atoms with Crippen molar-refractivity contribution < 1.29 is 0 Å². The average Bonchev–Trinajstić information content (AvgIpc) is 2.24. The Kier molecular flexibility index (Phi) is 0.785. The summed E-state index contributed by atoms with van der Waals surface area (Å²) >= 11 is 5.26. The van der Waals surface area contributed by atoms with Crippen LogP contribution in [-0.4, -0.2) is 3.41 Å². The molecule has 2 rings (SSSR count). The van der Waals surface area contributed by atoms with Crippen molar-refractivity contribution in [3.63, 3.8) is 0 Å². The third-order valence-corrected chi connectivity index (χ3v) is 16.0. The molecule has 0 N–H and O–H groups in total. The van der Waals surface area contributed by atoms with Gasteiger partial charge in [-0.2, -0.15) is 0 Å². The molecule has 7 heavy (non-hydrogen) atoms.